The third-order valence-electron chi connectivity index (χ3n) is 6.35. The lowest BCUT2D eigenvalue weighted by atomic mass is 9.90. The van der Waals surface area contributed by atoms with E-state index in [2.05, 4.69) is 19.5 Å². The molecule has 156 valence electrons. The highest BCUT2D eigenvalue weighted by molar-refractivity contribution is 7.07. The second-order valence-electron chi connectivity index (χ2n) is 8.53. The predicted molar refractivity (Wildman–Crippen MR) is 115 cm³/mol. The number of carbonyl (C=O) groups is 1. The Hall–Kier alpha value is -1.86. The maximum Gasteiger partial charge on any atom is 0.267 e. The van der Waals surface area contributed by atoms with Crippen molar-refractivity contribution in [3.8, 4) is 0 Å². The van der Waals surface area contributed by atoms with Crippen molar-refractivity contribution >= 4 is 17.4 Å². The van der Waals surface area contributed by atoms with Gasteiger partial charge in [-0.2, -0.15) is 0 Å². The molecule has 2 aromatic heterocycles. The first-order chi connectivity index (χ1) is 14.2. The summed E-state index contributed by atoms with van der Waals surface area (Å²) in [6, 6.07) is 4.73. The third-order valence-corrected chi connectivity index (χ3v) is 7.17. The molecule has 0 bridgehead atoms. The first-order valence-electron chi connectivity index (χ1n) is 10.9. The number of aromatic nitrogens is 3. The number of pyridine rings is 1. The van der Waals surface area contributed by atoms with Crippen LogP contribution in [-0.4, -0.2) is 56.0 Å². The van der Waals surface area contributed by atoms with E-state index < -0.39 is 0 Å². The number of rotatable bonds is 6. The molecule has 1 aliphatic heterocycles. The molecule has 0 N–H and O–H groups in total. The summed E-state index contributed by atoms with van der Waals surface area (Å²) in [5, 5.41) is 4.05. The highest BCUT2D eigenvalue weighted by Crippen LogP contribution is 2.28. The van der Waals surface area contributed by atoms with E-state index in [0.717, 1.165) is 30.4 Å². The van der Waals surface area contributed by atoms with Crippen LogP contribution in [0.15, 0.2) is 24.5 Å². The molecule has 1 saturated carbocycles. The lowest BCUT2D eigenvalue weighted by Crippen LogP contribution is -2.47. The third kappa shape index (κ3) is 5.20. The molecule has 2 aromatic rings. The van der Waals surface area contributed by atoms with Gasteiger partial charge in [-0.15, -0.1) is 5.10 Å². The number of carbonyl (C=O) groups excluding carboxylic acids is 1. The molecule has 1 amide bonds. The molecule has 0 spiro atoms. The van der Waals surface area contributed by atoms with Crippen LogP contribution in [0.1, 0.15) is 65.9 Å². The fraction of sp³-hybridized carbons (Fsp3) is 0.636. The van der Waals surface area contributed by atoms with E-state index in [-0.39, 0.29) is 5.91 Å². The zero-order valence-electron chi connectivity index (χ0n) is 17.3. The summed E-state index contributed by atoms with van der Waals surface area (Å²) in [7, 11) is 0. The summed E-state index contributed by atoms with van der Waals surface area (Å²) in [6.07, 6.45) is 12.9. The Morgan fingerprint density at radius 2 is 2.10 bits per heavy atom. The van der Waals surface area contributed by atoms with E-state index in [1.54, 1.807) is 6.20 Å². The van der Waals surface area contributed by atoms with Crippen molar-refractivity contribution in [3.63, 3.8) is 0 Å². The summed E-state index contributed by atoms with van der Waals surface area (Å²) in [5.41, 5.74) is 1.79. The highest BCUT2D eigenvalue weighted by atomic mass is 32.1. The Bertz CT molecular complexity index is 790. The Morgan fingerprint density at radius 1 is 1.24 bits per heavy atom. The lowest BCUT2D eigenvalue weighted by Gasteiger charge is -2.41. The van der Waals surface area contributed by atoms with E-state index >= 15 is 0 Å². The number of piperidine rings is 1. The van der Waals surface area contributed by atoms with Crippen LogP contribution in [0.5, 0.6) is 0 Å². The lowest BCUT2D eigenvalue weighted by molar-refractivity contribution is 0.0586. The molecule has 0 unspecified atom stereocenters. The van der Waals surface area contributed by atoms with Gasteiger partial charge in [-0.05, 0) is 68.2 Å². The molecule has 4 rings (SSSR count). The van der Waals surface area contributed by atoms with E-state index in [1.165, 1.54) is 63.0 Å². The number of likely N-dealkylation sites (tertiary alicyclic amines) is 1. The van der Waals surface area contributed by atoms with E-state index in [0.29, 0.717) is 17.3 Å². The van der Waals surface area contributed by atoms with Gasteiger partial charge in [-0.3, -0.25) is 9.78 Å². The quantitative estimate of drug-likeness (QED) is 0.718. The first kappa shape index (κ1) is 20.4. The maximum absolute atomic E-state index is 13.3. The average Bonchev–Trinajstić information content (AvgIpc) is 3.20. The molecular weight excluding hydrogens is 382 g/mol. The molecular formula is C22H31N5OS. The molecule has 2 fully saturated rings. The first-order valence-corrected chi connectivity index (χ1v) is 11.7. The van der Waals surface area contributed by atoms with Gasteiger partial charge in [-0.25, -0.2) is 0 Å². The van der Waals surface area contributed by atoms with Crippen molar-refractivity contribution in [2.45, 2.75) is 64.5 Å². The Labute approximate surface area is 177 Å². The number of nitrogens with zero attached hydrogens (tertiary/aromatic N) is 5. The van der Waals surface area contributed by atoms with Crippen molar-refractivity contribution < 1.29 is 4.79 Å². The number of aryl methyl sites for hydroxylation is 1. The second-order valence-corrected chi connectivity index (χ2v) is 9.28. The maximum atomic E-state index is 13.3. The minimum absolute atomic E-state index is 0.0520. The van der Waals surface area contributed by atoms with Crippen molar-refractivity contribution in [1.29, 1.82) is 0 Å². The van der Waals surface area contributed by atoms with Gasteiger partial charge in [0.1, 0.15) is 4.88 Å². The van der Waals surface area contributed by atoms with Gasteiger partial charge < -0.3 is 9.80 Å². The Balaban J connectivity index is 1.47. The number of amides is 1. The topological polar surface area (TPSA) is 62.2 Å². The molecule has 1 aliphatic carbocycles. The zero-order chi connectivity index (χ0) is 20.1. The monoisotopic (exact) mass is 413 g/mol. The minimum atomic E-state index is 0.0520. The van der Waals surface area contributed by atoms with Crippen LogP contribution in [-0.2, 0) is 6.54 Å². The SMILES string of the molecule is Cc1nnsc1C(=O)N(Cc1cccnc1)C[C@@H]1CCCN(C2CCCCC2)C1. The summed E-state index contributed by atoms with van der Waals surface area (Å²) >= 11 is 1.20. The second kappa shape index (κ2) is 9.76. The van der Waals surface area contributed by atoms with Crippen LogP contribution in [0.2, 0.25) is 0 Å². The fourth-order valence-electron chi connectivity index (χ4n) is 4.84. The van der Waals surface area contributed by atoms with Crippen LogP contribution >= 0.6 is 11.5 Å². The van der Waals surface area contributed by atoms with E-state index in [9.17, 15) is 4.79 Å². The molecule has 0 radical (unpaired) electrons. The Morgan fingerprint density at radius 3 is 2.83 bits per heavy atom. The van der Waals surface area contributed by atoms with Gasteiger partial charge in [0.05, 0.1) is 5.69 Å². The van der Waals surface area contributed by atoms with Gasteiger partial charge in [0.2, 0.25) is 0 Å². The van der Waals surface area contributed by atoms with E-state index in [1.807, 2.05) is 30.2 Å². The predicted octanol–water partition coefficient (Wildman–Crippen LogP) is 3.93. The average molecular weight is 414 g/mol. The number of hydrogen-bond acceptors (Lipinski definition) is 6. The summed E-state index contributed by atoms with van der Waals surface area (Å²) in [6.45, 7) is 5.57. The molecule has 3 heterocycles. The summed E-state index contributed by atoms with van der Waals surface area (Å²) < 4.78 is 3.98. The van der Waals surface area contributed by atoms with Gasteiger partial charge >= 0.3 is 0 Å². The minimum Gasteiger partial charge on any atom is -0.333 e. The van der Waals surface area contributed by atoms with Gasteiger partial charge in [-0.1, -0.05) is 29.8 Å². The summed E-state index contributed by atoms with van der Waals surface area (Å²) in [4.78, 5) is 22.9. The van der Waals surface area contributed by atoms with E-state index in [4.69, 9.17) is 0 Å². The van der Waals surface area contributed by atoms with Gasteiger partial charge in [0.25, 0.3) is 5.91 Å². The fourth-order valence-corrected chi connectivity index (χ4v) is 5.46. The molecule has 2 aliphatic rings. The molecule has 6 nitrogen and oxygen atoms in total. The van der Waals surface area contributed by atoms with Crippen molar-refractivity contribution in [3.05, 3.63) is 40.7 Å². The highest BCUT2D eigenvalue weighted by Gasteiger charge is 2.30. The smallest absolute Gasteiger partial charge is 0.267 e. The largest absolute Gasteiger partial charge is 0.333 e. The molecule has 29 heavy (non-hydrogen) atoms. The van der Waals surface area contributed by atoms with Crippen LogP contribution in [0.25, 0.3) is 0 Å². The van der Waals surface area contributed by atoms with Crippen LogP contribution in [0.4, 0.5) is 0 Å². The van der Waals surface area contributed by atoms with Crippen molar-refractivity contribution in [2.75, 3.05) is 19.6 Å². The van der Waals surface area contributed by atoms with Crippen LogP contribution < -0.4 is 0 Å². The molecule has 7 heteroatoms. The number of hydrogen-bond donors (Lipinski definition) is 0. The standard InChI is InChI=1S/C22H31N5OS/c1-17-21(29-25-24-17)22(28)27(14-18-7-5-11-23-13-18)16-19-8-6-12-26(15-19)20-9-3-2-4-10-20/h5,7,11,13,19-20H,2-4,6,8-10,12,14-16H2,1H3/t19-/m1/s1. The normalized spacial score (nSPS) is 21.2. The molecule has 1 atom stereocenters. The molecule has 0 aromatic carbocycles. The van der Waals surface area contributed by atoms with Crippen LogP contribution in [0.3, 0.4) is 0 Å². The Kier molecular flexibility index (Phi) is 6.87. The summed E-state index contributed by atoms with van der Waals surface area (Å²) in [5.74, 6) is 0.573. The van der Waals surface area contributed by atoms with Crippen molar-refractivity contribution in [2.24, 2.45) is 5.92 Å². The van der Waals surface area contributed by atoms with Gasteiger partial charge in [0.15, 0.2) is 0 Å². The van der Waals surface area contributed by atoms with Gasteiger partial charge in [0, 0.05) is 38.1 Å². The zero-order valence-corrected chi connectivity index (χ0v) is 18.1. The van der Waals surface area contributed by atoms with Crippen molar-refractivity contribution in [1.82, 2.24) is 24.4 Å². The molecule has 1 saturated heterocycles. The van der Waals surface area contributed by atoms with Crippen LogP contribution in [0, 0.1) is 12.8 Å².